The van der Waals surface area contributed by atoms with E-state index >= 15 is 0 Å². The van der Waals surface area contributed by atoms with Crippen molar-refractivity contribution >= 4 is 13.3 Å². The van der Waals surface area contributed by atoms with Crippen molar-refractivity contribution in [2.24, 2.45) is 0 Å². The van der Waals surface area contributed by atoms with Gasteiger partial charge in [-0.3, -0.25) is 6.08 Å². The standard InChI is InChI=1S/C17H23OSi.2ClH.Ti/c1-17(2,3)18-15-12-8-9-13-16(15)19(4,5)14-10-6-7-11-14;;;/h6,8-10,12-13H,7H2,1-5H3;2*1H;/q-1;;;+3/p-2. The fourth-order valence-electron chi connectivity index (χ4n) is 2.38. The van der Waals surface area contributed by atoms with Crippen molar-refractivity contribution in [1.82, 2.24) is 0 Å². The van der Waals surface area contributed by atoms with Crippen molar-refractivity contribution in [3.8, 4) is 5.75 Å². The van der Waals surface area contributed by atoms with E-state index in [1.807, 2.05) is 0 Å². The van der Waals surface area contributed by atoms with Gasteiger partial charge in [0, 0.05) is 0 Å². The first kappa shape index (κ1) is 24.3. The zero-order chi connectivity index (χ0) is 14.1. The van der Waals surface area contributed by atoms with Gasteiger partial charge in [0.25, 0.3) is 0 Å². The first-order chi connectivity index (χ1) is 8.81. The molecule has 5 heteroatoms. The second-order valence-electron chi connectivity index (χ2n) is 6.53. The number of rotatable bonds is 3. The van der Waals surface area contributed by atoms with Gasteiger partial charge < -0.3 is 29.6 Å². The van der Waals surface area contributed by atoms with Gasteiger partial charge in [-0.1, -0.05) is 31.3 Å². The first-order valence-corrected chi connectivity index (χ1v) is 9.87. The number of ether oxygens (including phenoxy) is 1. The molecule has 0 saturated heterocycles. The summed E-state index contributed by atoms with van der Waals surface area (Å²) >= 11 is 0. The number of allylic oxidation sites excluding steroid dienone is 4. The molecule has 1 nitrogen and oxygen atoms in total. The average Bonchev–Trinajstić information content (AvgIpc) is 2.81. The second kappa shape index (κ2) is 9.34. The van der Waals surface area contributed by atoms with E-state index in [2.05, 4.69) is 76.4 Å². The largest absolute Gasteiger partial charge is 3.00 e. The van der Waals surface area contributed by atoms with Crippen LogP contribution in [-0.4, -0.2) is 13.7 Å². The normalized spacial score (nSPS) is 13.4. The molecular formula is C17H23Cl2OSiTi. The molecule has 0 aliphatic heterocycles. The summed E-state index contributed by atoms with van der Waals surface area (Å²) in [6.45, 7) is 11.0. The third-order valence-corrected chi connectivity index (χ3v) is 6.79. The molecular weight excluding hydrogens is 367 g/mol. The van der Waals surface area contributed by atoms with E-state index in [0.29, 0.717) is 0 Å². The molecule has 0 bridgehead atoms. The minimum atomic E-state index is -1.70. The molecule has 1 radical (unpaired) electrons. The van der Waals surface area contributed by atoms with Crippen molar-refractivity contribution in [3.63, 3.8) is 0 Å². The van der Waals surface area contributed by atoms with Gasteiger partial charge in [-0.05, 0) is 32.0 Å². The maximum atomic E-state index is 6.15. The topological polar surface area (TPSA) is 9.23 Å². The zero-order valence-electron chi connectivity index (χ0n) is 13.8. The molecule has 0 aromatic heterocycles. The Morgan fingerprint density at radius 3 is 2.18 bits per heavy atom. The molecule has 2 rings (SSSR count). The Kier molecular flexibility index (Phi) is 10.3. The number of para-hydroxylation sites is 1. The SMILES string of the molecule is CC(C)(C)Oc1ccccc1[Si](C)(C)C1=[C-]CC=C1.[Cl-].[Cl-].[Ti+3]. The number of halogens is 2. The van der Waals surface area contributed by atoms with Gasteiger partial charge >= 0.3 is 21.7 Å². The molecule has 22 heavy (non-hydrogen) atoms. The van der Waals surface area contributed by atoms with Crippen LogP contribution < -0.4 is 34.7 Å². The Labute approximate surface area is 163 Å². The van der Waals surface area contributed by atoms with Crippen LogP contribution in [0.5, 0.6) is 5.75 Å². The van der Waals surface area contributed by atoms with E-state index in [-0.39, 0.29) is 52.1 Å². The summed E-state index contributed by atoms with van der Waals surface area (Å²) in [5.74, 6) is 1.03. The van der Waals surface area contributed by atoms with Crippen LogP contribution >= 0.6 is 0 Å². The zero-order valence-corrected chi connectivity index (χ0v) is 17.9. The molecule has 1 aliphatic carbocycles. The molecule has 0 saturated carbocycles. The minimum absolute atomic E-state index is 0. The smallest absolute Gasteiger partial charge is 1.00 e. The quantitative estimate of drug-likeness (QED) is 0.429. The molecule has 0 spiro atoms. The van der Waals surface area contributed by atoms with Crippen molar-refractivity contribution in [2.45, 2.75) is 45.9 Å². The summed E-state index contributed by atoms with van der Waals surface area (Å²) in [6.07, 6.45) is 8.88. The molecule has 1 aromatic rings. The van der Waals surface area contributed by atoms with Gasteiger partial charge in [0.15, 0.2) is 0 Å². The van der Waals surface area contributed by atoms with Gasteiger partial charge in [0.1, 0.15) is 11.4 Å². The maximum Gasteiger partial charge on any atom is 3.00 e. The Hall–Kier alpha value is 0.0112. The van der Waals surface area contributed by atoms with E-state index in [9.17, 15) is 0 Å². The van der Waals surface area contributed by atoms with Gasteiger partial charge in [-0.25, -0.2) is 11.3 Å². The molecule has 0 amide bonds. The van der Waals surface area contributed by atoms with Crippen molar-refractivity contribution in [2.75, 3.05) is 0 Å². The Bertz CT molecular complexity index is 534. The summed E-state index contributed by atoms with van der Waals surface area (Å²) in [5, 5.41) is 2.75. The predicted octanol–water partition coefficient (Wildman–Crippen LogP) is -1.99. The van der Waals surface area contributed by atoms with Crippen LogP contribution in [0.1, 0.15) is 27.2 Å². The molecule has 0 heterocycles. The van der Waals surface area contributed by atoms with Crippen molar-refractivity contribution < 1.29 is 51.3 Å². The van der Waals surface area contributed by atoms with E-state index in [4.69, 9.17) is 4.74 Å². The number of hydrogen-bond donors (Lipinski definition) is 0. The molecule has 0 fully saturated rings. The van der Waals surface area contributed by atoms with E-state index in [0.717, 1.165) is 12.2 Å². The van der Waals surface area contributed by atoms with Gasteiger partial charge in [0.2, 0.25) is 0 Å². The Morgan fingerprint density at radius 2 is 1.68 bits per heavy atom. The van der Waals surface area contributed by atoms with Crippen LogP contribution in [0.15, 0.2) is 41.6 Å². The Morgan fingerprint density at radius 1 is 1.09 bits per heavy atom. The van der Waals surface area contributed by atoms with Crippen LogP contribution in [0.3, 0.4) is 0 Å². The van der Waals surface area contributed by atoms with E-state index < -0.39 is 8.07 Å². The first-order valence-electron chi connectivity index (χ1n) is 6.87. The summed E-state index contributed by atoms with van der Waals surface area (Å²) in [4.78, 5) is 0. The van der Waals surface area contributed by atoms with Crippen molar-refractivity contribution in [3.05, 3.63) is 47.7 Å². The van der Waals surface area contributed by atoms with Crippen LogP contribution in [0.2, 0.25) is 13.1 Å². The summed E-state index contributed by atoms with van der Waals surface area (Å²) in [6, 6.07) is 8.47. The summed E-state index contributed by atoms with van der Waals surface area (Å²) < 4.78 is 6.15. The van der Waals surface area contributed by atoms with Crippen LogP contribution in [0, 0.1) is 6.08 Å². The van der Waals surface area contributed by atoms with Crippen LogP contribution in [-0.2, 0) is 21.7 Å². The van der Waals surface area contributed by atoms with Crippen LogP contribution in [0.4, 0.5) is 0 Å². The van der Waals surface area contributed by atoms with Gasteiger partial charge in [-0.2, -0.15) is 6.08 Å². The third-order valence-electron chi connectivity index (χ3n) is 3.34. The fourth-order valence-corrected chi connectivity index (χ4v) is 5.01. The second-order valence-corrected chi connectivity index (χ2v) is 10.9. The summed E-state index contributed by atoms with van der Waals surface area (Å²) in [5.41, 5.74) is -0.163. The van der Waals surface area contributed by atoms with Crippen molar-refractivity contribution in [1.29, 1.82) is 0 Å². The van der Waals surface area contributed by atoms with E-state index in [1.54, 1.807) is 0 Å². The van der Waals surface area contributed by atoms with Gasteiger partial charge in [0.05, 0.1) is 8.07 Å². The molecule has 1 aromatic carbocycles. The maximum absolute atomic E-state index is 6.15. The third kappa shape index (κ3) is 5.90. The summed E-state index contributed by atoms with van der Waals surface area (Å²) in [7, 11) is -1.70. The predicted molar refractivity (Wildman–Crippen MR) is 84.5 cm³/mol. The van der Waals surface area contributed by atoms with Crippen LogP contribution in [0.25, 0.3) is 0 Å². The van der Waals surface area contributed by atoms with Gasteiger partial charge in [-0.15, -0.1) is 6.42 Å². The molecule has 0 unspecified atom stereocenters. The molecule has 1 aliphatic rings. The fraction of sp³-hybridized carbons (Fsp3) is 0.412. The number of hydrogen-bond acceptors (Lipinski definition) is 1. The number of benzene rings is 1. The molecule has 0 atom stereocenters. The monoisotopic (exact) mass is 389 g/mol. The molecule has 0 N–H and O–H groups in total. The average molecular weight is 390 g/mol. The molecule has 119 valence electrons. The minimum Gasteiger partial charge on any atom is -1.00 e. The van der Waals surface area contributed by atoms with E-state index in [1.165, 1.54) is 10.4 Å². The Balaban J connectivity index is 0.